The number of carbonyl (C=O) groups excluding carboxylic acids is 1. The van der Waals surface area contributed by atoms with E-state index in [1.54, 1.807) is 42.5 Å². The Hall–Kier alpha value is -2.36. The van der Waals surface area contributed by atoms with Crippen LogP contribution < -0.4 is 10.3 Å². The first kappa shape index (κ1) is 11.1. The molecule has 0 unspecified atom stereocenters. The van der Waals surface area contributed by atoms with E-state index in [4.69, 9.17) is 4.84 Å². The number of carbonyl (C=O) groups is 1. The van der Waals surface area contributed by atoms with Gasteiger partial charge in [0, 0.05) is 5.56 Å². The van der Waals surface area contributed by atoms with Gasteiger partial charge in [-0.15, -0.1) is 0 Å². The predicted octanol–water partition coefficient (Wildman–Crippen LogP) is 2.55. The third kappa shape index (κ3) is 2.81. The summed E-state index contributed by atoms with van der Waals surface area (Å²) in [6.45, 7) is 0. The number of nitrogens with one attached hydrogen (secondary N) is 1. The smallest absolute Gasteiger partial charge is 0.283 e. The topological polar surface area (TPSA) is 38.3 Å². The Labute approximate surface area is 97.8 Å². The average Bonchev–Trinajstić information content (AvgIpc) is 2.38. The molecule has 0 spiro atoms. The first-order chi connectivity index (χ1) is 8.27. The number of amides is 1. The largest absolute Gasteiger partial charge is 0.376 e. The lowest BCUT2D eigenvalue weighted by Crippen LogP contribution is -2.27. The number of hydroxylamine groups is 1. The third-order valence-electron chi connectivity index (χ3n) is 2.13. The molecule has 86 valence electrons. The minimum absolute atomic E-state index is 0.0169. The Morgan fingerprint density at radius 3 is 2.35 bits per heavy atom. The zero-order chi connectivity index (χ0) is 12.1. The van der Waals surface area contributed by atoms with Crippen molar-refractivity contribution in [1.29, 1.82) is 0 Å². The van der Waals surface area contributed by atoms with Gasteiger partial charge in [-0.1, -0.05) is 30.3 Å². The van der Waals surface area contributed by atoms with Crippen molar-refractivity contribution in [2.75, 3.05) is 0 Å². The van der Waals surface area contributed by atoms with Gasteiger partial charge in [0.2, 0.25) is 0 Å². The van der Waals surface area contributed by atoms with Crippen LogP contribution in [-0.4, -0.2) is 5.91 Å². The van der Waals surface area contributed by atoms with Crippen LogP contribution in [0.5, 0.6) is 5.75 Å². The van der Waals surface area contributed by atoms with Crippen LogP contribution in [0.15, 0.2) is 54.6 Å². The highest BCUT2D eigenvalue weighted by Gasteiger charge is 2.07. The summed E-state index contributed by atoms with van der Waals surface area (Å²) in [5.74, 6) is -0.966. The molecule has 3 nitrogen and oxygen atoms in total. The Bertz CT molecular complexity index is 514. The molecule has 1 N–H and O–H groups in total. The molecule has 0 aliphatic rings. The number of rotatable bonds is 3. The summed E-state index contributed by atoms with van der Waals surface area (Å²) >= 11 is 0. The minimum Gasteiger partial charge on any atom is -0.376 e. The number of halogens is 1. The van der Waals surface area contributed by atoms with Gasteiger partial charge in [-0.05, 0) is 24.3 Å². The standard InChI is InChI=1S/C13H10FNO2/c14-11-8-4-5-9-12(11)17-15-13(16)10-6-2-1-3-7-10/h1-9H,(H,15,16). The molecule has 0 bridgehead atoms. The maximum atomic E-state index is 13.2. The Morgan fingerprint density at radius 2 is 1.65 bits per heavy atom. The van der Waals surface area contributed by atoms with Crippen molar-refractivity contribution in [3.8, 4) is 5.75 Å². The molecule has 0 heterocycles. The molecule has 0 aromatic heterocycles. The molecule has 4 heteroatoms. The lowest BCUT2D eigenvalue weighted by atomic mass is 10.2. The Balaban J connectivity index is 2.00. The second kappa shape index (κ2) is 5.12. The highest BCUT2D eigenvalue weighted by molar-refractivity contribution is 5.93. The lowest BCUT2D eigenvalue weighted by Gasteiger charge is -2.07. The SMILES string of the molecule is O=C(NOc1ccccc1F)c1ccccc1. The maximum absolute atomic E-state index is 13.2. The summed E-state index contributed by atoms with van der Waals surface area (Å²) < 4.78 is 13.2. The molecule has 1 amide bonds. The van der Waals surface area contributed by atoms with E-state index in [2.05, 4.69) is 5.48 Å². The molecule has 2 aromatic carbocycles. The zero-order valence-corrected chi connectivity index (χ0v) is 8.89. The molecule has 17 heavy (non-hydrogen) atoms. The van der Waals surface area contributed by atoms with E-state index in [0.29, 0.717) is 5.56 Å². The van der Waals surface area contributed by atoms with Gasteiger partial charge < -0.3 is 4.84 Å². The van der Waals surface area contributed by atoms with Crippen LogP contribution in [-0.2, 0) is 0 Å². The van der Waals surface area contributed by atoms with Crippen LogP contribution in [0, 0.1) is 5.82 Å². The molecular weight excluding hydrogens is 221 g/mol. The van der Waals surface area contributed by atoms with Crippen molar-refractivity contribution in [3.05, 3.63) is 66.0 Å². The van der Waals surface area contributed by atoms with Crippen LogP contribution >= 0.6 is 0 Å². The highest BCUT2D eigenvalue weighted by atomic mass is 19.1. The Kier molecular flexibility index (Phi) is 3.35. The summed E-state index contributed by atoms with van der Waals surface area (Å²) in [7, 11) is 0. The van der Waals surface area contributed by atoms with E-state index in [1.165, 1.54) is 12.1 Å². The number of benzene rings is 2. The van der Waals surface area contributed by atoms with Gasteiger partial charge in [-0.3, -0.25) is 4.79 Å². The van der Waals surface area contributed by atoms with E-state index >= 15 is 0 Å². The molecule has 2 aromatic rings. The first-order valence-electron chi connectivity index (χ1n) is 5.04. The van der Waals surface area contributed by atoms with Crippen LogP contribution in [0.3, 0.4) is 0 Å². The lowest BCUT2D eigenvalue weighted by molar-refractivity contribution is 0.0752. The average molecular weight is 231 g/mol. The van der Waals surface area contributed by atoms with Gasteiger partial charge in [-0.25, -0.2) is 4.39 Å². The van der Waals surface area contributed by atoms with Gasteiger partial charge in [0.1, 0.15) is 0 Å². The van der Waals surface area contributed by atoms with E-state index in [9.17, 15) is 9.18 Å². The van der Waals surface area contributed by atoms with Crippen molar-refractivity contribution in [1.82, 2.24) is 5.48 Å². The van der Waals surface area contributed by atoms with Gasteiger partial charge >= 0.3 is 0 Å². The second-order valence-corrected chi connectivity index (χ2v) is 3.33. The van der Waals surface area contributed by atoms with Gasteiger partial charge in [0.05, 0.1) is 0 Å². The van der Waals surface area contributed by atoms with Crippen molar-refractivity contribution in [2.45, 2.75) is 0 Å². The highest BCUT2D eigenvalue weighted by Crippen LogP contribution is 2.14. The van der Waals surface area contributed by atoms with E-state index < -0.39 is 11.7 Å². The summed E-state index contributed by atoms with van der Waals surface area (Å²) in [6.07, 6.45) is 0. The second-order valence-electron chi connectivity index (χ2n) is 3.33. The fourth-order valence-corrected chi connectivity index (χ4v) is 1.28. The molecule has 0 saturated heterocycles. The number of hydrogen-bond acceptors (Lipinski definition) is 2. The van der Waals surface area contributed by atoms with Gasteiger partial charge in [0.25, 0.3) is 5.91 Å². The summed E-state index contributed by atoms with van der Waals surface area (Å²) in [5, 5.41) is 0. The van der Waals surface area contributed by atoms with E-state index in [1.807, 2.05) is 0 Å². The molecular formula is C13H10FNO2. The van der Waals surface area contributed by atoms with Crippen LogP contribution in [0.25, 0.3) is 0 Å². The first-order valence-corrected chi connectivity index (χ1v) is 5.04. The molecule has 0 fully saturated rings. The van der Waals surface area contributed by atoms with Crippen molar-refractivity contribution < 1.29 is 14.0 Å². The third-order valence-corrected chi connectivity index (χ3v) is 2.13. The monoisotopic (exact) mass is 231 g/mol. The van der Waals surface area contributed by atoms with E-state index in [0.717, 1.165) is 0 Å². The van der Waals surface area contributed by atoms with Crippen LogP contribution in [0.2, 0.25) is 0 Å². The van der Waals surface area contributed by atoms with Gasteiger partial charge in [0.15, 0.2) is 11.6 Å². The normalized spacial score (nSPS) is 9.71. The molecule has 0 radical (unpaired) electrons. The van der Waals surface area contributed by atoms with Crippen LogP contribution in [0.4, 0.5) is 4.39 Å². The summed E-state index contributed by atoms with van der Waals surface area (Å²) in [4.78, 5) is 16.4. The molecule has 0 saturated carbocycles. The van der Waals surface area contributed by atoms with Crippen molar-refractivity contribution in [2.24, 2.45) is 0 Å². The van der Waals surface area contributed by atoms with Crippen molar-refractivity contribution >= 4 is 5.91 Å². The maximum Gasteiger partial charge on any atom is 0.283 e. The number of hydrogen-bond donors (Lipinski definition) is 1. The summed E-state index contributed by atoms with van der Waals surface area (Å²) in [6, 6.07) is 14.4. The molecule has 0 aliphatic carbocycles. The fourth-order valence-electron chi connectivity index (χ4n) is 1.28. The quantitative estimate of drug-likeness (QED) is 0.824. The van der Waals surface area contributed by atoms with Gasteiger partial charge in [-0.2, -0.15) is 5.48 Å². The van der Waals surface area contributed by atoms with Crippen LogP contribution in [0.1, 0.15) is 10.4 Å². The molecule has 0 atom stereocenters. The molecule has 2 rings (SSSR count). The number of para-hydroxylation sites is 1. The van der Waals surface area contributed by atoms with Crippen molar-refractivity contribution in [3.63, 3.8) is 0 Å². The Morgan fingerprint density at radius 1 is 1.00 bits per heavy atom. The van der Waals surface area contributed by atoms with E-state index in [-0.39, 0.29) is 5.75 Å². The minimum atomic E-state index is -0.527. The molecule has 0 aliphatic heterocycles. The zero-order valence-electron chi connectivity index (χ0n) is 8.89. The fraction of sp³-hybridized carbons (Fsp3) is 0. The predicted molar refractivity (Wildman–Crippen MR) is 60.9 cm³/mol. The summed E-state index contributed by atoms with van der Waals surface area (Å²) in [5.41, 5.74) is 2.63.